The van der Waals surface area contributed by atoms with Crippen LogP contribution in [-0.4, -0.2) is 73.6 Å². The second-order valence-corrected chi connectivity index (χ2v) is 13.7. The first kappa shape index (κ1) is 38.7. The van der Waals surface area contributed by atoms with Gasteiger partial charge in [-0.05, 0) is 94.7 Å². The number of carboxylic acid groups (broad SMARTS) is 2. The van der Waals surface area contributed by atoms with E-state index in [2.05, 4.69) is 22.5 Å². The molecule has 5 N–H and O–H groups in total. The number of rotatable bonds is 8. The van der Waals surface area contributed by atoms with Gasteiger partial charge in [0.25, 0.3) is 0 Å². The van der Waals surface area contributed by atoms with E-state index in [1.165, 1.54) is 18.6 Å². The van der Waals surface area contributed by atoms with E-state index >= 15 is 0 Å². The predicted molar refractivity (Wildman–Crippen MR) is 203 cm³/mol. The van der Waals surface area contributed by atoms with Gasteiger partial charge >= 0.3 is 41.5 Å². The first-order valence-corrected chi connectivity index (χ1v) is 17.5. The molecule has 9 rings (SSSR count). The Hall–Kier alpha value is -4.97. The summed E-state index contributed by atoms with van der Waals surface area (Å²) in [5, 5.41) is 54.9. The van der Waals surface area contributed by atoms with Gasteiger partial charge in [0.05, 0.1) is 18.7 Å². The monoisotopic (exact) mass is 735 g/mol. The Bertz CT molecular complexity index is 2300. The number of phenols is 2. The SMILES string of the molecule is C=C[C@H]1CN2CC[C@H]1C[C@H]2[C@H](O)c1ccnc2ccc(OC)cc12.O=C(O)c1cc2ccccc2c(Cc2c(O)c(C(=O)O)cc3ccccc23)c1O.[Na+]. The van der Waals surface area contributed by atoms with Gasteiger partial charge in [0.15, 0.2) is 0 Å². The second kappa shape index (κ2) is 16.2. The molecule has 6 aromatic rings. The fourth-order valence-electron chi connectivity index (χ4n) is 8.13. The number of aliphatic hydroxyl groups is 1. The van der Waals surface area contributed by atoms with Gasteiger partial charge in [0.1, 0.15) is 28.4 Å². The molecule has 3 aliphatic rings. The largest absolute Gasteiger partial charge is 1.00 e. The Kier molecular flexibility index (Phi) is 11.6. The summed E-state index contributed by atoms with van der Waals surface area (Å²) in [6.45, 7) is 6.07. The number of ether oxygens (including phenoxy) is 1. The van der Waals surface area contributed by atoms with E-state index < -0.39 is 29.5 Å². The molecule has 3 saturated heterocycles. The van der Waals surface area contributed by atoms with Crippen LogP contribution >= 0.6 is 0 Å². The van der Waals surface area contributed by atoms with E-state index in [4.69, 9.17) is 4.74 Å². The zero-order valence-electron chi connectivity index (χ0n) is 30.1. The topological polar surface area (TPSA) is 161 Å². The number of piperidine rings is 3. The van der Waals surface area contributed by atoms with Crippen LogP contribution in [0.5, 0.6) is 17.2 Å². The van der Waals surface area contributed by atoms with Gasteiger partial charge in [0.2, 0.25) is 0 Å². The number of fused-ring (bicyclic) bond motifs is 6. The molecule has 11 heteroatoms. The van der Waals surface area contributed by atoms with E-state index in [0.717, 1.165) is 41.7 Å². The molecule has 3 fully saturated rings. The molecular formula is C43H40N2NaO8+. The normalized spacial score (nSPS) is 19.4. The molecule has 1 unspecified atom stereocenters. The van der Waals surface area contributed by atoms with Crippen LogP contribution in [0.1, 0.15) is 56.4 Å². The summed E-state index contributed by atoms with van der Waals surface area (Å²) in [5.41, 5.74) is 1.96. The number of methoxy groups -OCH3 is 1. The fraction of sp³-hybridized carbons (Fsp3) is 0.233. The van der Waals surface area contributed by atoms with Crippen molar-refractivity contribution >= 4 is 44.4 Å². The van der Waals surface area contributed by atoms with Gasteiger partial charge in [0, 0.05) is 41.7 Å². The van der Waals surface area contributed by atoms with E-state index in [9.17, 15) is 35.1 Å². The number of hydrogen-bond acceptors (Lipinski definition) is 8. The smallest absolute Gasteiger partial charge is 0.507 e. The van der Waals surface area contributed by atoms with E-state index in [1.807, 2.05) is 24.3 Å². The van der Waals surface area contributed by atoms with Gasteiger partial charge in [-0.1, -0.05) is 54.6 Å². The molecule has 1 aromatic heterocycles. The summed E-state index contributed by atoms with van der Waals surface area (Å²) in [6, 6.07) is 24.7. The molecule has 4 heterocycles. The van der Waals surface area contributed by atoms with E-state index in [-0.39, 0.29) is 53.1 Å². The molecule has 3 aliphatic heterocycles. The number of carboxylic acids is 2. The fourth-order valence-corrected chi connectivity index (χ4v) is 8.13. The molecular weight excluding hydrogens is 695 g/mol. The van der Waals surface area contributed by atoms with Crippen molar-refractivity contribution in [3.63, 3.8) is 0 Å². The van der Waals surface area contributed by atoms with Crippen molar-refractivity contribution in [2.45, 2.75) is 31.4 Å². The van der Waals surface area contributed by atoms with Crippen LogP contribution in [0.25, 0.3) is 32.4 Å². The average Bonchev–Trinajstić information content (AvgIpc) is 3.18. The third-order valence-electron chi connectivity index (χ3n) is 10.9. The molecule has 2 bridgehead atoms. The van der Waals surface area contributed by atoms with Crippen molar-refractivity contribution in [1.82, 2.24) is 9.88 Å². The van der Waals surface area contributed by atoms with Gasteiger partial charge in [-0.25, -0.2) is 9.59 Å². The number of benzene rings is 5. The third kappa shape index (κ3) is 7.28. The first-order valence-electron chi connectivity index (χ1n) is 17.5. The minimum Gasteiger partial charge on any atom is -0.507 e. The molecule has 0 amide bonds. The summed E-state index contributed by atoms with van der Waals surface area (Å²) in [5.74, 6) is -1.35. The van der Waals surface area contributed by atoms with E-state index in [1.54, 1.807) is 61.8 Å². The van der Waals surface area contributed by atoms with Gasteiger partial charge in [-0.15, -0.1) is 6.58 Å². The maximum atomic E-state index is 11.6. The van der Waals surface area contributed by atoms with Crippen LogP contribution in [-0.2, 0) is 6.42 Å². The molecule has 10 nitrogen and oxygen atoms in total. The van der Waals surface area contributed by atoms with Crippen molar-refractivity contribution < 1.29 is 69.4 Å². The van der Waals surface area contributed by atoms with Gasteiger partial charge in [-0.3, -0.25) is 9.88 Å². The molecule has 0 radical (unpaired) electrons. The number of hydrogen-bond donors (Lipinski definition) is 5. The quantitative estimate of drug-likeness (QED) is 0.111. The molecule has 5 aromatic carbocycles. The van der Waals surface area contributed by atoms with Crippen LogP contribution in [0, 0.1) is 11.8 Å². The number of nitrogens with zero attached hydrogens (tertiary/aromatic N) is 2. The van der Waals surface area contributed by atoms with Gasteiger partial charge in [-0.2, -0.15) is 0 Å². The number of aromatic hydroxyl groups is 2. The maximum Gasteiger partial charge on any atom is 1.00 e. The van der Waals surface area contributed by atoms with Crippen molar-refractivity contribution in [2.75, 3.05) is 20.2 Å². The van der Waals surface area contributed by atoms with Crippen LogP contribution in [0.15, 0.2) is 104 Å². The molecule has 5 atom stereocenters. The number of aliphatic hydroxyl groups excluding tert-OH is 1. The molecule has 270 valence electrons. The minimum atomic E-state index is -1.28. The number of aromatic nitrogens is 1. The Labute approximate surface area is 334 Å². The summed E-state index contributed by atoms with van der Waals surface area (Å²) >= 11 is 0. The molecule has 0 aliphatic carbocycles. The summed E-state index contributed by atoms with van der Waals surface area (Å²) in [4.78, 5) is 30.1. The summed E-state index contributed by atoms with van der Waals surface area (Å²) < 4.78 is 5.35. The average molecular weight is 736 g/mol. The van der Waals surface area contributed by atoms with E-state index in [0.29, 0.717) is 44.5 Å². The molecule has 0 saturated carbocycles. The Morgan fingerprint density at radius 3 is 2.00 bits per heavy atom. The van der Waals surface area contributed by atoms with Crippen LogP contribution in [0.3, 0.4) is 0 Å². The Balaban J connectivity index is 0.000000184. The first-order chi connectivity index (χ1) is 25.6. The van der Waals surface area contributed by atoms with Crippen molar-refractivity contribution in [3.05, 3.63) is 132 Å². The zero-order chi connectivity index (χ0) is 37.4. The van der Waals surface area contributed by atoms with Crippen LogP contribution < -0.4 is 34.3 Å². The standard InChI is InChI=1S/C23H16O6.C20H24N2O2.Na/c24-20-16(14-7-3-1-5-12(14)9-18(20)22(26)27)11-17-15-8-4-2-6-13(15)10-19(21(17)25)23(28)29;1-3-13-12-22-9-7-14(13)10-19(22)20(23)16-6-8-21-18-5-4-15(24-2)11-17(16)18;/h1-10,24-25H,11H2,(H,26,27)(H,28,29);3-6,8,11,13-14,19-20,23H,1,7,9-10,12H2,2H3;/q;;+1/t;13-,14-,19-,20+;/m.0./s1. The van der Waals surface area contributed by atoms with Crippen LogP contribution in [0.4, 0.5) is 0 Å². The summed E-state index contributed by atoms with van der Waals surface area (Å²) in [6.07, 6.45) is 5.58. The molecule has 54 heavy (non-hydrogen) atoms. The Morgan fingerprint density at radius 2 is 1.48 bits per heavy atom. The maximum absolute atomic E-state index is 11.6. The minimum absolute atomic E-state index is 0. The summed E-state index contributed by atoms with van der Waals surface area (Å²) in [7, 11) is 1.66. The number of carbonyl (C=O) groups is 2. The second-order valence-electron chi connectivity index (χ2n) is 13.7. The third-order valence-corrected chi connectivity index (χ3v) is 10.9. The Morgan fingerprint density at radius 1 is 0.889 bits per heavy atom. The molecule has 0 spiro atoms. The number of pyridine rings is 1. The van der Waals surface area contributed by atoms with Crippen molar-refractivity contribution in [1.29, 1.82) is 0 Å². The predicted octanol–water partition coefficient (Wildman–Crippen LogP) is 4.57. The van der Waals surface area contributed by atoms with Crippen LogP contribution in [0.2, 0.25) is 0 Å². The van der Waals surface area contributed by atoms with Crippen molar-refractivity contribution in [3.8, 4) is 17.2 Å². The van der Waals surface area contributed by atoms with Crippen molar-refractivity contribution in [2.24, 2.45) is 11.8 Å². The zero-order valence-corrected chi connectivity index (χ0v) is 32.1. The van der Waals surface area contributed by atoms with Gasteiger partial charge < -0.3 is 30.3 Å². The number of aromatic carboxylic acids is 2.